The first-order chi connectivity index (χ1) is 20.0. The molecule has 1 fully saturated rings. The van der Waals surface area contributed by atoms with E-state index in [9.17, 15) is 18.6 Å². The average Bonchev–Trinajstić information content (AvgIpc) is 3.45. The minimum atomic E-state index is -1.71. The van der Waals surface area contributed by atoms with Crippen LogP contribution in [0.25, 0.3) is 0 Å². The molecule has 0 bridgehead atoms. The number of hydrogen-bond acceptors (Lipinski definition) is 8. The van der Waals surface area contributed by atoms with E-state index >= 15 is 0 Å². The predicted octanol–water partition coefficient (Wildman–Crippen LogP) is 4.00. The summed E-state index contributed by atoms with van der Waals surface area (Å²) in [5.74, 6) is -0.678. The van der Waals surface area contributed by atoms with E-state index in [0.717, 1.165) is 37.2 Å². The number of nitrogens with one attached hydrogen (secondary N) is 2. The molecular weight excluding hydrogens is 573 g/mol. The minimum Gasteiger partial charge on any atom is -0.399 e. The Morgan fingerprint density at radius 1 is 1.19 bits per heavy atom. The second-order valence-electron chi connectivity index (χ2n) is 10.8. The highest BCUT2D eigenvalue weighted by Gasteiger charge is 2.33. The highest BCUT2D eigenvalue weighted by molar-refractivity contribution is 7.83. The van der Waals surface area contributed by atoms with Crippen LogP contribution in [0, 0.1) is 5.92 Å². The van der Waals surface area contributed by atoms with Gasteiger partial charge in [0.2, 0.25) is 11.8 Å². The Balaban J connectivity index is 0.00000197. The topological polar surface area (TPSA) is 138 Å². The third kappa shape index (κ3) is 10.8. The lowest BCUT2D eigenvalue weighted by Crippen LogP contribution is -2.56. The van der Waals surface area contributed by atoms with Crippen molar-refractivity contribution in [3.8, 4) is 0 Å². The van der Waals surface area contributed by atoms with Gasteiger partial charge < -0.3 is 16.0 Å². The van der Waals surface area contributed by atoms with Crippen molar-refractivity contribution in [2.75, 3.05) is 32.9 Å². The molecule has 4 N–H and O–H groups in total. The van der Waals surface area contributed by atoms with E-state index in [1.165, 1.54) is 17.8 Å². The monoisotopic (exact) mass is 620 g/mol. The Morgan fingerprint density at radius 3 is 2.48 bits per heavy atom. The van der Waals surface area contributed by atoms with Crippen molar-refractivity contribution < 1.29 is 18.6 Å². The van der Waals surface area contributed by atoms with Crippen molar-refractivity contribution in [1.29, 1.82) is 0 Å². The summed E-state index contributed by atoms with van der Waals surface area (Å²) in [6, 6.07) is 5.68. The van der Waals surface area contributed by atoms with Gasteiger partial charge in [-0.05, 0) is 63.0 Å². The van der Waals surface area contributed by atoms with Gasteiger partial charge in [0.15, 0.2) is 11.0 Å². The number of benzene rings is 1. The molecule has 234 valence electrons. The van der Waals surface area contributed by atoms with Gasteiger partial charge in [-0.3, -0.25) is 24.0 Å². The third-order valence-corrected chi connectivity index (χ3v) is 9.15. The second-order valence-corrected chi connectivity index (χ2v) is 13.0. The van der Waals surface area contributed by atoms with Gasteiger partial charge in [-0.15, -0.1) is 11.3 Å². The zero-order chi connectivity index (χ0) is 31.2. The van der Waals surface area contributed by atoms with Crippen molar-refractivity contribution >= 4 is 45.7 Å². The van der Waals surface area contributed by atoms with Crippen LogP contribution in [-0.2, 0) is 27.0 Å². The predicted molar refractivity (Wildman–Crippen MR) is 170 cm³/mol. The molecule has 0 radical (unpaired) electrons. The summed E-state index contributed by atoms with van der Waals surface area (Å²) in [6.07, 6.45) is 6.18. The van der Waals surface area contributed by atoms with Gasteiger partial charge in [-0.25, -0.2) is 9.19 Å². The summed E-state index contributed by atoms with van der Waals surface area (Å²) in [5, 5.41) is 5.44. The quantitative estimate of drug-likeness (QED) is 0.305. The number of rotatable bonds is 12. The van der Waals surface area contributed by atoms with Crippen LogP contribution in [0.4, 0.5) is 5.69 Å². The maximum absolute atomic E-state index is 13.3. The molecule has 3 rings (SSSR count). The molecule has 1 saturated heterocycles. The van der Waals surface area contributed by atoms with Crippen molar-refractivity contribution in [3.63, 3.8) is 0 Å². The van der Waals surface area contributed by atoms with Gasteiger partial charge in [-0.1, -0.05) is 47.0 Å². The van der Waals surface area contributed by atoms with E-state index in [4.69, 9.17) is 5.73 Å². The molecule has 3 amide bonds. The molecule has 0 aliphatic carbocycles. The first-order valence-corrected chi connectivity index (χ1v) is 16.8. The SMILES string of the molecule is CCC.CCC(C)C(NC(=O)C1CCCCN1C)C(=O)N(C)CCCc1nc(C(=O)NS(=O)c2ccc(N)cc2)cs1. The van der Waals surface area contributed by atoms with E-state index in [-0.39, 0.29) is 29.5 Å². The Kier molecular flexibility index (Phi) is 15.1. The van der Waals surface area contributed by atoms with Crippen LogP contribution in [0.1, 0.15) is 81.7 Å². The average molecular weight is 621 g/mol. The normalized spacial score (nSPS) is 17.2. The summed E-state index contributed by atoms with van der Waals surface area (Å²) in [6.45, 7) is 9.64. The van der Waals surface area contributed by atoms with Crippen molar-refractivity contribution in [1.82, 2.24) is 24.8 Å². The van der Waals surface area contributed by atoms with Gasteiger partial charge in [0, 0.05) is 31.1 Å². The number of hydrogen-bond donors (Lipinski definition) is 3. The molecule has 2 heterocycles. The van der Waals surface area contributed by atoms with E-state index < -0.39 is 22.9 Å². The lowest BCUT2D eigenvalue weighted by atomic mass is 9.96. The second kappa shape index (κ2) is 18.0. The number of carbonyl (C=O) groups is 3. The van der Waals surface area contributed by atoms with Gasteiger partial charge in [0.1, 0.15) is 11.7 Å². The van der Waals surface area contributed by atoms with E-state index in [1.54, 1.807) is 41.6 Å². The molecular formula is C30H48N6O4S2. The molecule has 10 nitrogen and oxygen atoms in total. The Hall–Kier alpha value is -2.83. The van der Waals surface area contributed by atoms with Crippen LogP contribution in [0.5, 0.6) is 0 Å². The molecule has 1 aromatic heterocycles. The number of aryl methyl sites for hydroxylation is 1. The Labute approximate surface area is 257 Å². The molecule has 12 heteroatoms. The standard InChI is InChI=1S/C27H40N6O4S2.C3H8/c1-5-18(2)24(30-26(35)22-9-6-7-15-32(22)3)27(36)33(4)16-8-10-23-29-21(17-38-23)25(34)31-39(37)20-13-11-19(28)12-14-20;1-3-2/h11-14,17-18,22,24H,5-10,15-16,28H2,1-4H3,(H,30,35)(H,31,34);3H2,1-2H3. The van der Waals surface area contributed by atoms with Crippen LogP contribution in [0.3, 0.4) is 0 Å². The summed E-state index contributed by atoms with van der Waals surface area (Å²) in [5.41, 5.74) is 6.40. The molecule has 4 unspecified atom stereocenters. The molecule has 0 spiro atoms. The zero-order valence-corrected chi connectivity index (χ0v) is 27.5. The fraction of sp³-hybridized carbons (Fsp3) is 0.600. The molecule has 42 heavy (non-hydrogen) atoms. The van der Waals surface area contributed by atoms with Gasteiger partial charge in [0.05, 0.1) is 15.9 Å². The molecule has 2 aromatic rings. The highest BCUT2D eigenvalue weighted by Crippen LogP contribution is 2.18. The number of thiazole rings is 1. The van der Waals surface area contributed by atoms with E-state index in [2.05, 4.69) is 33.8 Å². The van der Waals surface area contributed by atoms with Crippen molar-refractivity contribution in [3.05, 3.63) is 40.3 Å². The highest BCUT2D eigenvalue weighted by atomic mass is 32.2. The van der Waals surface area contributed by atoms with Crippen molar-refractivity contribution in [2.24, 2.45) is 5.92 Å². The van der Waals surface area contributed by atoms with Crippen molar-refractivity contribution in [2.45, 2.75) is 89.6 Å². The van der Waals surface area contributed by atoms with Gasteiger partial charge >= 0.3 is 0 Å². The van der Waals surface area contributed by atoms with Crippen LogP contribution in [0.2, 0.25) is 0 Å². The summed E-state index contributed by atoms with van der Waals surface area (Å²) < 4.78 is 14.9. The van der Waals surface area contributed by atoms with Gasteiger partial charge in [-0.2, -0.15) is 0 Å². The molecule has 4 atom stereocenters. The molecule has 0 saturated carbocycles. The summed E-state index contributed by atoms with van der Waals surface area (Å²) in [7, 11) is 2.00. The lowest BCUT2D eigenvalue weighted by molar-refractivity contribution is -0.138. The minimum absolute atomic E-state index is 0.0108. The molecule has 1 aromatic carbocycles. The first kappa shape index (κ1) is 35.4. The number of likely N-dealkylation sites (N-methyl/N-ethyl adjacent to an activating group) is 2. The summed E-state index contributed by atoms with van der Waals surface area (Å²) in [4.78, 5) is 47.4. The number of amides is 3. The Bertz CT molecular complexity index is 1170. The fourth-order valence-corrected chi connectivity index (χ4v) is 6.07. The molecule has 1 aliphatic heterocycles. The Morgan fingerprint density at radius 2 is 1.86 bits per heavy atom. The number of likely N-dealkylation sites (tertiary alicyclic amines) is 1. The number of carbonyl (C=O) groups excluding carboxylic acids is 3. The number of nitrogens with zero attached hydrogens (tertiary/aromatic N) is 3. The lowest BCUT2D eigenvalue weighted by Gasteiger charge is -2.34. The van der Waals surface area contributed by atoms with E-state index in [1.807, 2.05) is 20.9 Å². The van der Waals surface area contributed by atoms with E-state index in [0.29, 0.717) is 30.0 Å². The third-order valence-electron chi connectivity index (χ3n) is 7.17. The fourth-order valence-electron chi connectivity index (χ4n) is 4.47. The largest absolute Gasteiger partial charge is 0.399 e. The van der Waals surface area contributed by atoms with Crippen LogP contribution in [-0.4, -0.2) is 76.0 Å². The smallest absolute Gasteiger partial charge is 0.282 e. The molecule has 1 aliphatic rings. The number of anilines is 1. The number of piperidine rings is 1. The summed E-state index contributed by atoms with van der Waals surface area (Å²) >= 11 is 1.35. The van der Waals surface area contributed by atoms with Gasteiger partial charge in [0.25, 0.3) is 5.91 Å². The first-order valence-electron chi connectivity index (χ1n) is 14.8. The number of nitrogen functional groups attached to an aromatic ring is 1. The number of aromatic nitrogens is 1. The maximum Gasteiger partial charge on any atom is 0.282 e. The van der Waals surface area contributed by atoms with Crippen LogP contribution >= 0.6 is 11.3 Å². The maximum atomic E-state index is 13.3. The zero-order valence-electron chi connectivity index (χ0n) is 25.9. The van der Waals surface area contributed by atoms with Crippen LogP contribution < -0.4 is 15.8 Å². The van der Waals surface area contributed by atoms with Crippen LogP contribution in [0.15, 0.2) is 34.5 Å². The number of nitrogens with two attached hydrogens (primary N) is 1.